The van der Waals surface area contributed by atoms with Gasteiger partial charge in [-0.3, -0.25) is 4.79 Å². The number of morpholine rings is 1. The molecule has 2 heterocycles. The van der Waals surface area contributed by atoms with Crippen molar-refractivity contribution in [3.63, 3.8) is 0 Å². The predicted molar refractivity (Wildman–Crippen MR) is 115 cm³/mol. The number of aliphatic carboxylic acids is 2. The number of ether oxygens (including phenoxy) is 1. The fourth-order valence-corrected chi connectivity index (χ4v) is 3.99. The fourth-order valence-electron chi connectivity index (χ4n) is 2.72. The topological polar surface area (TPSA) is 152 Å². The second-order valence-corrected chi connectivity index (χ2v) is 7.42. The van der Waals surface area contributed by atoms with Crippen molar-refractivity contribution in [1.29, 1.82) is 0 Å². The van der Waals surface area contributed by atoms with Crippen LogP contribution >= 0.6 is 11.8 Å². The molecule has 9 nitrogen and oxygen atoms in total. The van der Waals surface area contributed by atoms with Gasteiger partial charge in [-0.05, 0) is 17.7 Å². The van der Waals surface area contributed by atoms with E-state index in [-0.39, 0.29) is 11.4 Å². The second kappa shape index (κ2) is 12.5. The Morgan fingerprint density at radius 3 is 2.35 bits per heavy atom. The van der Waals surface area contributed by atoms with Crippen molar-refractivity contribution in [2.45, 2.75) is 16.4 Å². The number of carboxylic acid groups (broad SMARTS) is 2. The Bertz CT molecular complexity index is 900. The molecule has 1 amide bonds. The maximum Gasteiger partial charge on any atom is 0.328 e. The van der Waals surface area contributed by atoms with Crippen molar-refractivity contribution < 1.29 is 29.3 Å². The first-order valence-electron chi connectivity index (χ1n) is 9.31. The average Bonchev–Trinajstić information content (AvgIpc) is 2.78. The highest BCUT2D eigenvalue weighted by atomic mass is 32.2. The van der Waals surface area contributed by atoms with E-state index in [9.17, 15) is 14.4 Å². The molecule has 0 unspecified atom stereocenters. The smallest absolute Gasteiger partial charge is 0.328 e. The molecule has 0 radical (unpaired) electrons. The van der Waals surface area contributed by atoms with Crippen LogP contribution in [0.4, 0.5) is 0 Å². The van der Waals surface area contributed by atoms with E-state index in [1.165, 1.54) is 11.8 Å². The van der Waals surface area contributed by atoms with E-state index in [1.54, 1.807) is 18.3 Å². The zero-order chi connectivity index (χ0) is 22.6. The van der Waals surface area contributed by atoms with Crippen molar-refractivity contribution in [1.82, 2.24) is 10.3 Å². The van der Waals surface area contributed by atoms with Gasteiger partial charge in [-0.2, -0.15) is 0 Å². The van der Waals surface area contributed by atoms with E-state index >= 15 is 0 Å². The van der Waals surface area contributed by atoms with Crippen LogP contribution in [0, 0.1) is 0 Å². The number of hydrogen-bond acceptors (Lipinski definition) is 7. The summed E-state index contributed by atoms with van der Waals surface area (Å²) in [6.45, 7) is 2.31. The second-order valence-electron chi connectivity index (χ2n) is 6.29. The summed E-state index contributed by atoms with van der Waals surface area (Å²) in [7, 11) is 0. The third kappa shape index (κ3) is 8.21. The number of carboxylic acids is 2. The van der Waals surface area contributed by atoms with E-state index in [4.69, 9.17) is 20.7 Å². The number of nitrogens with one attached hydrogen (secondary N) is 1. The molecule has 0 saturated carbocycles. The minimum Gasteiger partial charge on any atom is -0.478 e. The Morgan fingerprint density at radius 1 is 1.13 bits per heavy atom. The van der Waals surface area contributed by atoms with E-state index in [2.05, 4.69) is 22.4 Å². The maximum absolute atomic E-state index is 11.6. The summed E-state index contributed by atoms with van der Waals surface area (Å²) in [5, 5.41) is 19.7. The Labute approximate surface area is 183 Å². The number of hydrogen-bond donors (Lipinski definition) is 4. The third-order valence-corrected chi connectivity index (χ3v) is 5.44. The van der Waals surface area contributed by atoms with Crippen molar-refractivity contribution in [2.75, 3.05) is 19.7 Å². The molecule has 31 heavy (non-hydrogen) atoms. The lowest BCUT2D eigenvalue weighted by atomic mass is 10.1. The Morgan fingerprint density at radius 2 is 1.81 bits per heavy atom. The molecule has 2 aromatic rings. The summed E-state index contributed by atoms with van der Waals surface area (Å²) in [5.41, 5.74) is 7.06. The molecular formula is C21H23N3O6S. The Hall–Kier alpha value is -3.21. The van der Waals surface area contributed by atoms with Crippen LogP contribution in [0.1, 0.15) is 21.2 Å². The van der Waals surface area contributed by atoms with E-state index in [0.29, 0.717) is 29.3 Å². The summed E-state index contributed by atoms with van der Waals surface area (Å²) < 4.78 is 5.94. The van der Waals surface area contributed by atoms with Gasteiger partial charge in [0.25, 0.3) is 5.91 Å². The van der Waals surface area contributed by atoms with Gasteiger partial charge in [-0.15, -0.1) is 0 Å². The highest BCUT2D eigenvalue weighted by molar-refractivity contribution is 7.99. The van der Waals surface area contributed by atoms with Gasteiger partial charge >= 0.3 is 11.9 Å². The van der Waals surface area contributed by atoms with Crippen molar-refractivity contribution in [3.8, 4) is 0 Å². The van der Waals surface area contributed by atoms with Gasteiger partial charge in [0.15, 0.2) is 0 Å². The summed E-state index contributed by atoms with van der Waals surface area (Å²) in [6.07, 6.45) is 2.81. The van der Waals surface area contributed by atoms with Crippen molar-refractivity contribution >= 4 is 29.6 Å². The molecule has 5 N–H and O–H groups in total. The van der Waals surface area contributed by atoms with Crippen LogP contribution < -0.4 is 11.1 Å². The number of benzene rings is 1. The normalized spacial score (nSPS) is 16.7. The lowest BCUT2D eigenvalue weighted by Crippen LogP contribution is -2.41. The zero-order valence-electron chi connectivity index (χ0n) is 16.5. The summed E-state index contributed by atoms with van der Waals surface area (Å²) >= 11 is 1.53. The third-order valence-electron chi connectivity index (χ3n) is 4.07. The van der Waals surface area contributed by atoms with Crippen LogP contribution in [0.3, 0.4) is 0 Å². The maximum atomic E-state index is 11.6. The van der Waals surface area contributed by atoms with Crippen LogP contribution in [0.25, 0.3) is 0 Å². The first kappa shape index (κ1) is 24.1. The molecule has 0 spiro atoms. The number of thioether (sulfide) groups is 1. The number of carbonyl (C=O) groups is 3. The molecule has 0 aliphatic carbocycles. The van der Waals surface area contributed by atoms with Crippen LogP contribution in [0.15, 0.2) is 65.8 Å². The van der Waals surface area contributed by atoms with Crippen LogP contribution in [-0.2, 0) is 14.3 Å². The lowest BCUT2D eigenvalue weighted by Gasteiger charge is -2.31. The van der Waals surface area contributed by atoms with Crippen LogP contribution in [0.5, 0.6) is 0 Å². The van der Waals surface area contributed by atoms with E-state index < -0.39 is 17.8 Å². The van der Waals surface area contributed by atoms with Gasteiger partial charge in [-0.25, -0.2) is 14.6 Å². The average molecular weight is 445 g/mol. The van der Waals surface area contributed by atoms with Gasteiger partial charge in [0.1, 0.15) is 5.03 Å². The molecule has 1 aliphatic rings. The van der Waals surface area contributed by atoms with Gasteiger partial charge in [-0.1, -0.05) is 42.1 Å². The molecule has 1 saturated heterocycles. The van der Waals surface area contributed by atoms with Crippen molar-refractivity contribution in [2.24, 2.45) is 5.73 Å². The summed E-state index contributed by atoms with van der Waals surface area (Å²) in [4.78, 5) is 35.1. The van der Waals surface area contributed by atoms with Crippen LogP contribution in [0.2, 0.25) is 0 Å². The van der Waals surface area contributed by atoms with Gasteiger partial charge in [0.2, 0.25) is 0 Å². The van der Waals surface area contributed by atoms with Crippen molar-refractivity contribution in [3.05, 3.63) is 71.9 Å². The largest absolute Gasteiger partial charge is 0.478 e. The number of aromatic nitrogens is 1. The molecule has 1 fully saturated rings. The zero-order valence-corrected chi connectivity index (χ0v) is 17.3. The quantitative estimate of drug-likeness (QED) is 0.369. The number of nitrogens with two attached hydrogens (primary N) is 1. The number of rotatable bonds is 7. The number of nitrogens with zero attached hydrogens (tertiary/aromatic N) is 1. The molecule has 1 aromatic heterocycles. The molecule has 1 aliphatic heterocycles. The lowest BCUT2D eigenvalue weighted by molar-refractivity contribution is -0.134. The minimum atomic E-state index is -1.26. The number of primary amides is 1. The summed E-state index contributed by atoms with van der Waals surface area (Å²) in [6, 6.07) is 13.6. The molecule has 10 heteroatoms. The standard InChI is InChI=1S/C17H19N3O2S.C4H4O4/c18-16(21)13-7-4-8-20-17(13)23-15(12-5-2-1-3-6-12)14-11-19-9-10-22-14;5-3(6)1-2-4(7)8/h1-8,14-15,19H,9-11H2,(H2,18,21);1-2H,(H,5,6)(H,7,8)/b;2-1+/t14-,15-;/m0./s1. The highest BCUT2D eigenvalue weighted by Gasteiger charge is 2.28. The first-order chi connectivity index (χ1) is 14.9. The molecule has 0 bridgehead atoms. The monoisotopic (exact) mass is 445 g/mol. The van der Waals surface area contributed by atoms with Gasteiger partial charge in [0.05, 0.1) is 23.5 Å². The Balaban J connectivity index is 0.000000366. The van der Waals surface area contributed by atoms with Gasteiger partial charge in [0, 0.05) is 31.4 Å². The van der Waals surface area contributed by atoms with E-state index in [0.717, 1.165) is 18.7 Å². The van der Waals surface area contributed by atoms with Gasteiger partial charge < -0.3 is 26.0 Å². The number of pyridine rings is 1. The molecular weight excluding hydrogens is 422 g/mol. The number of carbonyl (C=O) groups excluding carboxylic acids is 1. The first-order valence-corrected chi connectivity index (χ1v) is 10.2. The SMILES string of the molecule is NC(=O)c1cccnc1S[C@@H](c1ccccc1)[C@@H]1CNCCO1.O=C(O)/C=C/C(=O)O. The fraction of sp³-hybridized carbons (Fsp3) is 0.238. The van der Waals surface area contributed by atoms with E-state index in [1.807, 2.05) is 18.2 Å². The highest BCUT2D eigenvalue weighted by Crippen LogP contribution is 2.39. The molecule has 164 valence electrons. The molecule has 2 atom stereocenters. The predicted octanol–water partition coefficient (Wildman–Crippen LogP) is 1.71. The molecule has 1 aromatic carbocycles. The Kier molecular flexibility index (Phi) is 9.69. The summed E-state index contributed by atoms with van der Waals surface area (Å²) in [5.74, 6) is -2.98. The number of amides is 1. The minimum absolute atomic E-state index is 0.0129. The molecule has 3 rings (SSSR count). The van der Waals surface area contributed by atoms with Crippen LogP contribution in [-0.4, -0.2) is 58.8 Å².